The van der Waals surface area contributed by atoms with E-state index in [9.17, 15) is 14.3 Å². The molecule has 0 aliphatic carbocycles. The standard InChI is InChI=1S/C19H21FO2/c1-11(2)15-9-13(10-16(12(3)4)19(15)22)18(21)14-7-5-6-8-17(14)20/h5-12,22H,1-4H3. The molecule has 3 heteroatoms. The van der Waals surface area contributed by atoms with Gasteiger partial charge in [0.15, 0.2) is 5.78 Å². The monoisotopic (exact) mass is 300 g/mol. The Morgan fingerprint density at radius 3 is 1.95 bits per heavy atom. The second kappa shape index (κ2) is 6.30. The summed E-state index contributed by atoms with van der Waals surface area (Å²) in [5.41, 5.74) is 1.89. The number of benzene rings is 2. The molecule has 2 rings (SSSR count). The maximum Gasteiger partial charge on any atom is 0.195 e. The van der Waals surface area contributed by atoms with Crippen LogP contribution in [0.2, 0.25) is 0 Å². The zero-order valence-corrected chi connectivity index (χ0v) is 13.4. The summed E-state index contributed by atoms with van der Waals surface area (Å²) in [5.74, 6) is -0.508. The van der Waals surface area contributed by atoms with Gasteiger partial charge < -0.3 is 5.11 Å². The Kier molecular flexibility index (Phi) is 4.65. The molecule has 0 aliphatic heterocycles. The fraction of sp³-hybridized carbons (Fsp3) is 0.316. The number of carbonyl (C=O) groups is 1. The van der Waals surface area contributed by atoms with Gasteiger partial charge in [-0.1, -0.05) is 39.8 Å². The van der Waals surface area contributed by atoms with E-state index in [0.29, 0.717) is 16.7 Å². The molecule has 116 valence electrons. The summed E-state index contributed by atoms with van der Waals surface area (Å²) >= 11 is 0. The Morgan fingerprint density at radius 2 is 1.50 bits per heavy atom. The molecular formula is C19H21FO2. The smallest absolute Gasteiger partial charge is 0.195 e. The second-order valence-corrected chi connectivity index (χ2v) is 6.12. The van der Waals surface area contributed by atoms with Crippen molar-refractivity contribution in [2.75, 3.05) is 0 Å². The highest BCUT2D eigenvalue weighted by atomic mass is 19.1. The Morgan fingerprint density at radius 1 is 1.00 bits per heavy atom. The summed E-state index contributed by atoms with van der Waals surface area (Å²) in [6.07, 6.45) is 0. The van der Waals surface area contributed by atoms with Gasteiger partial charge in [0.05, 0.1) is 5.56 Å². The van der Waals surface area contributed by atoms with Crippen molar-refractivity contribution in [3.8, 4) is 5.75 Å². The molecule has 0 saturated carbocycles. The number of halogens is 1. The lowest BCUT2D eigenvalue weighted by molar-refractivity contribution is 0.103. The lowest BCUT2D eigenvalue weighted by atomic mass is 9.89. The minimum absolute atomic E-state index is 0.0533. The summed E-state index contributed by atoms with van der Waals surface area (Å²) < 4.78 is 13.9. The van der Waals surface area contributed by atoms with Crippen LogP contribution in [0.4, 0.5) is 4.39 Å². The number of carbonyl (C=O) groups excluding carboxylic acids is 1. The van der Waals surface area contributed by atoms with Crippen LogP contribution in [0.1, 0.15) is 66.6 Å². The van der Waals surface area contributed by atoms with Crippen LogP contribution in [0.15, 0.2) is 36.4 Å². The molecule has 0 radical (unpaired) electrons. The number of rotatable bonds is 4. The lowest BCUT2D eigenvalue weighted by Crippen LogP contribution is -2.07. The topological polar surface area (TPSA) is 37.3 Å². The largest absolute Gasteiger partial charge is 0.507 e. The molecule has 2 aromatic rings. The quantitative estimate of drug-likeness (QED) is 0.806. The first-order valence-electron chi connectivity index (χ1n) is 7.49. The molecular weight excluding hydrogens is 279 g/mol. The van der Waals surface area contributed by atoms with Gasteiger partial charge in [-0.15, -0.1) is 0 Å². The van der Waals surface area contributed by atoms with Crippen molar-refractivity contribution in [2.24, 2.45) is 0 Å². The van der Waals surface area contributed by atoms with Crippen LogP contribution >= 0.6 is 0 Å². The maximum atomic E-state index is 13.9. The average Bonchev–Trinajstić information content (AvgIpc) is 2.46. The third kappa shape index (κ3) is 3.03. The molecule has 0 atom stereocenters. The minimum atomic E-state index is -0.530. The fourth-order valence-corrected chi connectivity index (χ4v) is 2.49. The van der Waals surface area contributed by atoms with Crippen LogP contribution in [0.5, 0.6) is 5.75 Å². The molecule has 0 bridgehead atoms. The lowest BCUT2D eigenvalue weighted by Gasteiger charge is -2.17. The van der Waals surface area contributed by atoms with Gasteiger partial charge in [0.2, 0.25) is 0 Å². The van der Waals surface area contributed by atoms with E-state index in [4.69, 9.17) is 0 Å². The molecule has 0 spiro atoms. The highest BCUT2D eigenvalue weighted by molar-refractivity contribution is 6.09. The molecule has 22 heavy (non-hydrogen) atoms. The van der Waals surface area contributed by atoms with Crippen LogP contribution < -0.4 is 0 Å². The first kappa shape index (κ1) is 16.2. The summed E-state index contributed by atoms with van der Waals surface area (Å²) in [7, 11) is 0. The number of aromatic hydroxyl groups is 1. The molecule has 0 aliphatic rings. The molecule has 0 unspecified atom stereocenters. The first-order valence-corrected chi connectivity index (χ1v) is 7.49. The van der Waals surface area contributed by atoms with Gasteiger partial charge in [0.25, 0.3) is 0 Å². The van der Waals surface area contributed by atoms with Gasteiger partial charge in [-0.05, 0) is 47.2 Å². The van der Waals surface area contributed by atoms with E-state index in [1.807, 2.05) is 27.7 Å². The molecule has 1 N–H and O–H groups in total. The van der Waals surface area contributed by atoms with Gasteiger partial charge >= 0.3 is 0 Å². The predicted molar refractivity (Wildman–Crippen MR) is 86.1 cm³/mol. The van der Waals surface area contributed by atoms with E-state index in [2.05, 4.69) is 0 Å². The predicted octanol–water partition coefficient (Wildman–Crippen LogP) is 5.01. The van der Waals surface area contributed by atoms with Crippen LogP contribution in [0, 0.1) is 5.82 Å². The third-order valence-electron chi connectivity index (χ3n) is 3.79. The van der Waals surface area contributed by atoms with Crippen molar-refractivity contribution < 1.29 is 14.3 Å². The number of phenols is 1. The molecule has 0 heterocycles. The Bertz CT molecular complexity index is 673. The van der Waals surface area contributed by atoms with Crippen molar-refractivity contribution in [1.82, 2.24) is 0 Å². The summed E-state index contributed by atoms with van der Waals surface area (Å²) in [4.78, 5) is 12.6. The van der Waals surface area contributed by atoms with Gasteiger partial charge in [-0.25, -0.2) is 4.39 Å². The number of hydrogen-bond acceptors (Lipinski definition) is 2. The second-order valence-electron chi connectivity index (χ2n) is 6.12. The first-order chi connectivity index (χ1) is 10.3. The number of ketones is 1. The van der Waals surface area contributed by atoms with E-state index < -0.39 is 5.82 Å². The zero-order valence-electron chi connectivity index (χ0n) is 13.4. The van der Waals surface area contributed by atoms with E-state index in [1.54, 1.807) is 24.3 Å². The van der Waals surface area contributed by atoms with Gasteiger partial charge in [-0.3, -0.25) is 4.79 Å². The van der Waals surface area contributed by atoms with Crippen molar-refractivity contribution >= 4 is 5.78 Å². The molecule has 2 nitrogen and oxygen atoms in total. The van der Waals surface area contributed by atoms with Gasteiger partial charge in [-0.2, -0.15) is 0 Å². The normalized spacial score (nSPS) is 11.2. The molecule has 2 aromatic carbocycles. The fourth-order valence-electron chi connectivity index (χ4n) is 2.49. The maximum absolute atomic E-state index is 13.9. The molecule has 0 saturated heterocycles. The van der Waals surface area contributed by atoms with E-state index in [-0.39, 0.29) is 28.9 Å². The van der Waals surface area contributed by atoms with Crippen LogP contribution in [-0.4, -0.2) is 10.9 Å². The zero-order chi connectivity index (χ0) is 16.4. The average molecular weight is 300 g/mol. The molecule has 0 fully saturated rings. The Balaban J connectivity index is 2.61. The Labute approximate surface area is 130 Å². The van der Waals surface area contributed by atoms with Crippen molar-refractivity contribution in [3.05, 3.63) is 64.5 Å². The third-order valence-corrected chi connectivity index (χ3v) is 3.79. The van der Waals surface area contributed by atoms with Crippen LogP contribution in [0.25, 0.3) is 0 Å². The number of phenolic OH excluding ortho intramolecular Hbond substituents is 1. The molecule has 0 aromatic heterocycles. The van der Waals surface area contributed by atoms with Crippen molar-refractivity contribution in [1.29, 1.82) is 0 Å². The van der Waals surface area contributed by atoms with E-state index in [1.165, 1.54) is 12.1 Å². The molecule has 0 amide bonds. The highest BCUT2D eigenvalue weighted by Crippen LogP contribution is 2.35. The summed E-state index contributed by atoms with van der Waals surface area (Å²) in [5, 5.41) is 10.4. The van der Waals surface area contributed by atoms with Gasteiger partial charge in [0.1, 0.15) is 11.6 Å². The summed E-state index contributed by atoms with van der Waals surface area (Å²) in [6.45, 7) is 7.82. The van der Waals surface area contributed by atoms with Crippen LogP contribution in [-0.2, 0) is 0 Å². The number of hydrogen-bond donors (Lipinski definition) is 1. The van der Waals surface area contributed by atoms with E-state index in [0.717, 1.165) is 0 Å². The van der Waals surface area contributed by atoms with Crippen molar-refractivity contribution in [3.63, 3.8) is 0 Å². The van der Waals surface area contributed by atoms with Gasteiger partial charge in [0, 0.05) is 5.56 Å². The highest BCUT2D eigenvalue weighted by Gasteiger charge is 2.20. The van der Waals surface area contributed by atoms with Crippen LogP contribution in [0.3, 0.4) is 0 Å². The van der Waals surface area contributed by atoms with Crippen molar-refractivity contribution in [2.45, 2.75) is 39.5 Å². The summed E-state index contributed by atoms with van der Waals surface area (Å²) in [6, 6.07) is 9.29. The van der Waals surface area contributed by atoms with E-state index >= 15 is 0 Å². The minimum Gasteiger partial charge on any atom is -0.507 e. The Hall–Kier alpha value is -2.16. The SMILES string of the molecule is CC(C)c1cc(C(=O)c2ccccc2F)cc(C(C)C)c1O.